The number of rotatable bonds is 6. The number of hydrogen-bond acceptors (Lipinski definition) is 5. The van der Waals surface area contributed by atoms with Crippen molar-refractivity contribution in [3.05, 3.63) is 51.2 Å². The van der Waals surface area contributed by atoms with Crippen molar-refractivity contribution in [1.29, 1.82) is 0 Å². The minimum absolute atomic E-state index is 0.0224. The van der Waals surface area contributed by atoms with E-state index in [1.54, 1.807) is 11.3 Å². The molecule has 5 rings (SSSR count). The highest BCUT2D eigenvalue weighted by atomic mass is 35.5. The number of fused-ring (bicyclic) bond motifs is 1. The number of likely N-dealkylation sites (tertiary alicyclic amines) is 1. The van der Waals surface area contributed by atoms with Gasteiger partial charge >= 0.3 is 0 Å². The zero-order chi connectivity index (χ0) is 22.8. The average Bonchev–Trinajstić information content (AvgIpc) is 3.58. The van der Waals surface area contributed by atoms with Crippen LogP contribution in [0.1, 0.15) is 36.1 Å². The molecule has 3 aliphatic heterocycles. The lowest BCUT2D eigenvalue weighted by Crippen LogP contribution is -2.51. The van der Waals surface area contributed by atoms with Gasteiger partial charge in [-0.15, -0.1) is 11.3 Å². The van der Waals surface area contributed by atoms with Crippen molar-refractivity contribution >= 4 is 40.4 Å². The summed E-state index contributed by atoms with van der Waals surface area (Å²) in [5, 5.41) is 5.87. The molecule has 176 valence electrons. The van der Waals surface area contributed by atoms with Crippen molar-refractivity contribution in [2.45, 2.75) is 50.8 Å². The number of amides is 2. The van der Waals surface area contributed by atoms with Crippen molar-refractivity contribution in [2.75, 3.05) is 31.1 Å². The molecule has 8 heteroatoms. The molecular weight excluding hydrogens is 458 g/mol. The summed E-state index contributed by atoms with van der Waals surface area (Å²) in [7, 11) is 0. The van der Waals surface area contributed by atoms with Crippen molar-refractivity contribution in [3.63, 3.8) is 0 Å². The van der Waals surface area contributed by atoms with Gasteiger partial charge in [0.25, 0.3) is 0 Å². The topological polar surface area (TPSA) is 61.9 Å². The van der Waals surface area contributed by atoms with E-state index in [0.29, 0.717) is 31.2 Å². The summed E-state index contributed by atoms with van der Waals surface area (Å²) in [4.78, 5) is 31.6. The molecule has 0 radical (unpaired) electrons. The van der Waals surface area contributed by atoms with E-state index in [1.165, 1.54) is 4.88 Å². The van der Waals surface area contributed by atoms with Gasteiger partial charge in [0, 0.05) is 55.0 Å². The molecule has 2 amide bonds. The second-order valence-electron chi connectivity index (χ2n) is 9.18. The average molecular weight is 488 g/mol. The maximum Gasteiger partial charge on any atom is 0.245 e. The number of benzene rings is 1. The Morgan fingerprint density at radius 3 is 2.64 bits per heavy atom. The van der Waals surface area contributed by atoms with Crippen molar-refractivity contribution in [3.8, 4) is 0 Å². The number of hydrogen-bond donors (Lipinski definition) is 1. The lowest BCUT2D eigenvalue weighted by Gasteiger charge is -2.36. The van der Waals surface area contributed by atoms with Crippen LogP contribution in [0.15, 0.2) is 35.7 Å². The molecule has 6 nitrogen and oxygen atoms in total. The van der Waals surface area contributed by atoms with E-state index in [1.807, 2.05) is 29.2 Å². The first kappa shape index (κ1) is 22.7. The van der Waals surface area contributed by atoms with E-state index < -0.39 is 0 Å². The van der Waals surface area contributed by atoms with Gasteiger partial charge in [-0.3, -0.25) is 9.59 Å². The number of ether oxygens (including phenoxy) is 1. The predicted molar refractivity (Wildman–Crippen MR) is 131 cm³/mol. The van der Waals surface area contributed by atoms with Gasteiger partial charge in [-0.1, -0.05) is 23.7 Å². The van der Waals surface area contributed by atoms with E-state index in [0.717, 1.165) is 50.0 Å². The van der Waals surface area contributed by atoms with E-state index in [4.69, 9.17) is 16.3 Å². The van der Waals surface area contributed by atoms with Crippen LogP contribution in [0.2, 0.25) is 5.02 Å². The zero-order valence-corrected chi connectivity index (χ0v) is 20.2. The number of carbonyl (C=O) groups excluding carboxylic acids is 2. The second kappa shape index (κ2) is 10.0. The molecule has 0 spiro atoms. The third-order valence-electron chi connectivity index (χ3n) is 7.04. The number of piperidine rings is 1. The summed E-state index contributed by atoms with van der Waals surface area (Å²) < 4.78 is 5.60. The van der Waals surface area contributed by atoms with E-state index in [9.17, 15) is 9.59 Å². The van der Waals surface area contributed by atoms with Crippen LogP contribution >= 0.6 is 22.9 Å². The van der Waals surface area contributed by atoms with Crippen molar-refractivity contribution in [1.82, 2.24) is 10.2 Å². The molecule has 2 unspecified atom stereocenters. The first-order chi connectivity index (χ1) is 16.1. The Balaban J connectivity index is 1.18. The van der Waals surface area contributed by atoms with Gasteiger partial charge in [0.1, 0.15) is 6.04 Å². The van der Waals surface area contributed by atoms with Crippen LogP contribution < -0.4 is 10.2 Å². The normalized spacial score (nSPS) is 23.1. The van der Waals surface area contributed by atoms with Gasteiger partial charge in [0.05, 0.1) is 11.8 Å². The summed E-state index contributed by atoms with van der Waals surface area (Å²) in [6, 6.07) is 9.77. The zero-order valence-electron chi connectivity index (χ0n) is 18.7. The molecule has 4 heterocycles. The molecule has 3 aliphatic rings. The highest BCUT2D eigenvalue weighted by Gasteiger charge is 2.39. The fourth-order valence-electron chi connectivity index (χ4n) is 5.14. The van der Waals surface area contributed by atoms with Gasteiger partial charge < -0.3 is 19.9 Å². The largest absolute Gasteiger partial charge is 0.376 e. The highest BCUT2D eigenvalue weighted by molar-refractivity contribution is 7.10. The summed E-state index contributed by atoms with van der Waals surface area (Å²) >= 11 is 7.77. The van der Waals surface area contributed by atoms with Gasteiger partial charge in [-0.05, 0) is 54.8 Å². The number of nitrogens with zero attached hydrogens (tertiary/aromatic N) is 2. The third-order valence-corrected chi connectivity index (χ3v) is 8.23. The summed E-state index contributed by atoms with van der Waals surface area (Å²) in [6.45, 7) is 3.34. The van der Waals surface area contributed by atoms with Gasteiger partial charge in [-0.25, -0.2) is 0 Å². The SMILES string of the molecule is O=C(NCC1CCCO1)C1CCN(C(=O)C2Cc3sccc3N2Cc2ccc(Cl)cc2)CC1. The Morgan fingerprint density at radius 2 is 1.91 bits per heavy atom. The van der Waals surface area contributed by atoms with E-state index in [2.05, 4.69) is 21.7 Å². The molecule has 1 aromatic carbocycles. The maximum absolute atomic E-state index is 13.5. The molecule has 1 N–H and O–H groups in total. The number of anilines is 1. The second-order valence-corrected chi connectivity index (χ2v) is 10.6. The Morgan fingerprint density at radius 1 is 1.12 bits per heavy atom. The minimum Gasteiger partial charge on any atom is -0.376 e. The molecule has 0 bridgehead atoms. The summed E-state index contributed by atoms with van der Waals surface area (Å²) in [6.07, 6.45) is 4.44. The lowest BCUT2D eigenvalue weighted by atomic mass is 9.95. The highest BCUT2D eigenvalue weighted by Crippen LogP contribution is 2.38. The maximum atomic E-state index is 13.5. The molecule has 2 aromatic rings. The molecule has 2 atom stereocenters. The van der Waals surface area contributed by atoms with Crippen molar-refractivity contribution < 1.29 is 14.3 Å². The van der Waals surface area contributed by atoms with Gasteiger partial charge in [0.2, 0.25) is 11.8 Å². The molecular formula is C25H30ClN3O3S. The molecule has 2 saturated heterocycles. The van der Waals surface area contributed by atoms with Crippen LogP contribution in [0.5, 0.6) is 0 Å². The van der Waals surface area contributed by atoms with E-state index in [-0.39, 0.29) is 29.9 Å². The first-order valence-corrected chi connectivity index (χ1v) is 13.1. The van der Waals surface area contributed by atoms with Crippen LogP contribution in [0.25, 0.3) is 0 Å². The van der Waals surface area contributed by atoms with Crippen LogP contribution in [0.3, 0.4) is 0 Å². The molecule has 2 fully saturated rings. The fraction of sp³-hybridized carbons (Fsp3) is 0.520. The summed E-state index contributed by atoms with van der Waals surface area (Å²) in [5.41, 5.74) is 2.30. The van der Waals surface area contributed by atoms with E-state index >= 15 is 0 Å². The number of halogens is 1. The van der Waals surface area contributed by atoms with Gasteiger partial charge in [-0.2, -0.15) is 0 Å². The Bertz CT molecular complexity index is 981. The van der Waals surface area contributed by atoms with Crippen molar-refractivity contribution in [2.24, 2.45) is 5.92 Å². The number of nitrogens with one attached hydrogen (secondary N) is 1. The first-order valence-electron chi connectivity index (χ1n) is 11.8. The van der Waals surface area contributed by atoms with Crippen LogP contribution in [0, 0.1) is 5.92 Å². The Hall–Kier alpha value is -2.09. The smallest absolute Gasteiger partial charge is 0.245 e. The Kier molecular flexibility index (Phi) is 6.90. The quantitative estimate of drug-likeness (QED) is 0.672. The molecule has 1 aromatic heterocycles. The van der Waals surface area contributed by atoms with Gasteiger partial charge in [0.15, 0.2) is 0 Å². The van der Waals surface area contributed by atoms with Crippen LogP contribution in [-0.4, -0.2) is 55.1 Å². The molecule has 33 heavy (non-hydrogen) atoms. The lowest BCUT2D eigenvalue weighted by molar-refractivity contribution is -0.136. The van der Waals surface area contributed by atoms with Crippen LogP contribution in [0.4, 0.5) is 5.69 Å². The minimum atomic E-state index is -0.187. The predicted octanol–water partition coefficient (Wildman–Crippen LogP) is 3.87. The molecule has 0 aliphatic carbocycles. The number of carbonyl (C=O) groups is 2. The fourth-order valence-corrected chi connectivity index (χ4v) is 6.18. The Labute approximate surface area is 203 Å². The number of thiophene rings is 1. The molecule has 0 saturated carbocycles. The third kappa shape index (κ3) is 5.05. The standard InChI is InChI=1S/C25H30ClN3O3S/c26-19-5-3-17(4-6-19)16-29-21-9-13-33-23(21)14-22(29)25(31)28-10-7-18(8-11-28)24(30)27-15-20-2-1-12-32-20/h3-6,9,13,18,20,22H,1-2,7-8,10-12,14-16H2,(H,27,30). The summed E-state index contributed by atoms with van der Waals surface area (Å²) in [5.74, 6) is 0.251. The van der Waals surface area contributed by atoms with Crippen LogP contribution in [-0.2, 0) is 27.3 Å². The monoisotopic (exact) mass is 487 g/mol.